The monoisotopic (exact) mass is 418 g/mol. The predicted octanol–water partition coefficient (Wildman–Crippen LogP) is 5.30. The fourth-order valence-electron chi connectivity index (χ4n) is 2.25. The molecule has 0 bridgehead atoms. The Morgan fingerprint density at radius 1 is 1.12 bits per heavy atom. The van der Waals surface area contributed by atoms with Crippen LogP contribution in [0.1, 0.15) is 11.1 Å². The Labute approximate surface area is 159 Å². The standard InChI is InChI=1S/C18H16BrClN4O/c1-12-2-4-13(5-3-12)10-24-11-16(19)17(23-24)22-18(25)21-15-8-6-14(20)7-9-15/h2-9,11H,10H2,1H3,(H2,21,22,23,25). The zero-order valence-corrected chi connectivity index (χ0v) is 15.8. The van der Waals surface area contributed by atoms with E-state index in [1.165, 1.54) is 5.56 Å². The fraction of sp³-hybridized carbons (Fsp3) is 0.111. The number of aryl methyl sites for hydroxylation is 1. The summed E-state index contributed by atoms with van der Waals surface area (Å²) in [4.78, 5) is 12.1. The van der Waals surface area contributed by atoms with Crippen LogP contribution in [-0.4, -0.2) is 15.8 Å². The molecule has 0 aliphatic heterocycles. The van der Waals surface area contributed by atoms with E-state index in [1.54, 1.807) is 28.9 Å². The van der Waals surface area contributed by atoms with Crippen molar-refractivity contribution >= 4 is 45.1 Å². The minimum atomic E-state index is -0.372. The number of nitrogens with zero attached hydrogens (tertiary/aromatic N) is 2. The number of anilines is 2. The second-order valence-corrected chi connectivity index (χ2v) is 6.89. The van der Waals surface area contributed by atoms with Crippen molar-refractivity contribution in [2.75, 3.05) is 10.6 Å². The van der Waals surface area contributed by atoms with Gasteiger partial charge in [0.2, 0.25) is 0 Å². The van der Waals surface area contributed by atoms with Gasteiger partial charge in [0.1, 0.15) is 0 Å². The third-order valence-corrected chi connectivity index (χ3v) is 4.35. The van der Waals surface area contributed by atoms with Gasteiger partial charge in [0.25, 0.3) is 0 Å². The zero-order valence-electron chi connectivity index (χ0n) is 13.5. The first-order valence-corrected chi connectivity index (χ1v) is 8.79. The Hall–Kier alpha value is -2.31. The third kappa shape index (κ3) is 4.84. The van der Waals surface area contributed by atoms with Crippen molar-refractivity contribution in [2.24, 2.45) is 0 Å². The Morgan fingerprint density at radius 2 is 1.80 bits per heavy atom. The average Bonchev–Trinajstić information content (AvgIpc) is 2.91. The van der Waals surface area contributed by atoms with Crippen LogP contribution < -0.4 is 10.6 Å². The van der Waals surface area contributed by atoms with Crippen LogP contribution in [0.15, 0.2) is 59.2 Å². The molecule has 7 heteroatoms. The van der Waals surface area contributed by atoms with Crippen molar-refractivity contribution in [3.63, 3.8) is 0 Å². The maximum Gasteiger partial charge on any atom is 0.324 e. The van der Waals surface area contributed by atoms with Gasteiger partial charge in [-0.25, -0.2) is 4.79 Å². The van der Waals surface area contributed by atoms with Gasteiger partial charge in [0, 0.05) is 16.9 Å². The van der Waals surface area contributed by atoms with E-state index < -0.39 is 0 Å². The van der Waals surface area contributed by atoms with E-state index in [-0.39, 0.29) is 6.03 Å². The molecule has 2 N–H and O–H groups in total. The lowest BCUT2D eigenvalue weighted by Crippen LogP contribution is -2.20. The Morgan fingerprint density at radius 3 is 2.48 bits per heavy atom. The quantitative estimate of drug-likeness (QED) is 0.603. The molecule has 3 rings (SSSR count). The minimum Gasteiger partial charge on any atom is -0.308 e. The van der Waals surface area contributed by atoms with E-state index in [9.17, 15) is 4.79 Å². The summed E-state index contributed by atoms with van der Waals surface area (Å²) in [5, 5.41) is 10.5. The van der Waals surface area contributed by atoms with Crippen LogP contribution in [0.4, 0.5) is 16.3 Å². The molecule has 2 aromatic carbocycles. The summed E-state index contributed by atoms with van der Waals surface area (Å²) in [7, 11) is 0. The molecule has 0 unspecified atom stereocenters. The first-order valence-electron chi connectivity index (χ1n) is 7.62. The second-order valence-electron chi connectivity index (χ2n) is 5.59. The topological polar surface area (TPSA) is 59.0 Å². The molecule has 0 atom stereocenters. The summed E-state index contributed by atoms with van der Waals surface area (Å²) in [6, 6.07) is 14.8. The molecular formula is C18H16BrClN4O. The Kier molecular flexibility index (Phi) is 5.40. The number of amides is 2. The Bertz CT molecular complexity index is 875. The van der Waals surface area contributed by atoms with Crippen LogP contribution in [0.2, 0.25) is 5.02 Å². The number of nitrogens with one attached hydrogen (secondary N) is 2. The van der Waals surface area contributed by atoms with Crippen molar-refractivity contribution in [1.82, 2.24) is 9.78 Å². The molecule has 0 aliphatic carbocycles. The summed E-state index contributed by atoms with van der Waals surface area (Å²) in [6.07, 6.45) is 1.83. The Balaban J connectivity index is 1.64. The van der Waals surface area contributed by atoms with Gasteiger partial charge < -0.3 is 5.32 Å². The number of rotatable bonds is 4. The van der Waals surface area contributed by atoms with E-state index in [4.69, 9.17) is 11.6 Å². The molecule has 1 heterocycles. The van der Waals surface area contributed by atoms with Crippen LogP contribution >= 0.6 is 27.5 Å². The lowest BCUT2D eigenvalue weighted by Gasteiger charge is -2.06. The predicted molar refractivity (Wildman–Crippen MR) is 104 cm³/mol. The second kappa shape index (κ2) is 7.72. The normalized spacial score (nSPS) is 10.5. The molecule has 0 spiro atoms. The van der Waals surface area contributed by atoms with Crippen LogP contribution in [0.25, 0.3) is 0 Å². The van der Waals surface area contributed by atoms with Crippen molar-refractivity contribution in [1.29, 1.82) is 0 Å². The molecule has 3 aromatic rings. The largest absolute Gasteiger partial charge is 0.324 e. The van der Waals surface area contributed by atoms with Gasteiger partial charge in [-0.15, -0.1) is 0 Å². The number of urea groups is 1. The highest BCUT2D eigenvalue weighted by molar-refractivity contribution is 9.10. The van der Waals surface area contributed by atoms with Crippen LogP contribution in [0.3, 0.4) is 0 Å². The highest BCUT2D eigenvalue weighted by Gasteiger charge is 2.11. The number of carbonyl (C=O) groups excluding carboxylic acids is 1. The number of hydrogen-bond donors (Lipinski definition) is 2. The SMILES string of the molecule is Cc1ccc(Cn2cc(Br)c(NC(=O)Nc3ccc(Cl)cc3)n2)cc1. The first kappa shape index (κ1) is 17.5. The van der Waals surface area contributed by atoms with E-state index in [1.807, 2.05) is 6.20 Å². The van der Waals surface area contributed by atoms with Gasteiger partial charge in [-0.05, 0) is 52.7 Å². The average molecular weight is 420 g/mol. The zero-order chi connectivity index (χ0) is 17.8. The molecule has 5 nitrogen and oxygen atoms in total. The van der Waals surface area contributed by atoms with Gasteiger partial charge in [-0.1, -0.05) is 41.4 Å². The minimum absolute atomic E-state index is 0.372. The molecule has 128 valence electrons. The van der Waals surface area contributed by atoms with Gasteiger partial charge in [0.15, 0.2) is 5.82 Å². The summed E-state index contributed by atoms with van der Waals surface area (Å²) in [6.45, 7) is 2.68. The third-order valence-electron chi connectivity index (χ3n) is 3.52. The molecule has 0 saturated carbocycles. The smallest absolute Gasteiger partial charge is 0.308 e. The molecule has 0 fully saturated rings. The van der Waals surface area contributed by atoms with Crippen LogP contribution in [0.5, 0.6) is 0 Å². The lowest BCUT2D eigenvalue weighted by atomic mass is 10.1. The molecule has 0 radical (unpaired) electrons. The number of aromatic nitrogens is 2. The number of hydrogen-bond acceptors (Lipinski definition) is 2. The molecule has 1 aromatic heterocycles. The van der Waals surface area contributed by atoms with Gasteiger partial charge in [-0.2, -0.15) is 5.10 Å². The summed E-state index contributed by atoms with van der Waals surface area (Å²) >= 11 is 9.25. The summed E-state index contributed by atoms with van der Waals surface area (Å²) < 4.78 is 2.48. The molecule has 2 amide bonds. The highest BCUT2D eigenvalue weighted by Crippen LogP contribution is 2.21. The number of benzene rings is 2. The van der Waals surface area contributed by atoms with Crippen molar-refractivity contribution < 1.29 is 4.79 Å². The maximum atomic E-state index is 12.1. The van der Waals surface area contributed by atoms with Gasteiger partial charge in [0.05, 0.1) is 11.0 Å². The van der Waals surface area contributed by atoms with E-state index in [0.29, 0.717) is 27.5 Å². The summed E-state index contributed by atoms with van der Waals surface area (Å²) in [5.41, 5.74) is 3.00. The molecule has 25 heavy (non-hydrogen) atoms. The van der Waals surface area contributed by atoms with Gasteiger partial charge >= 0.3 is 6.03 Å². The first-order chi connectivity index (χ1) is 12.0. The van der Waals surface area contributed by atoms with Crippen molar-refractivity contribution in [3.05, 3.63) is 75.4 Å². The van der Waals surface area contributed by atoms with E-state index in [0.717, 1.165) is 5.56 Å². The maximum absolute atomic E-state index is 12.1. The summed E-state index contributed by atoms with van der Waals surface area (Å²) in [5.74, 6) is 0.457. The van der Waals surface area contributed by atoms with E-state index >= 15 is 0 Å². The fourth-order valence-corrected chi connectivity index (χ4v) is 2.79. The van der Waals surface area contributed by atoms with Crippen LogP contribution in [0, 0.1) is 6.92 Å². The van der Waals surface area contributed by atoms with E-state index in [2.05, 4.69) is 62.9 Å². The van der Waals surface area contributed by atoms with Crippen LogP contribution in [-0.2, 0) is 6.54 Å². The molecule has 0 saturated heterocycles. The van der Waals surface area contributed by atoms with Crippen molar-refractivity contribution in [2.45, 2.75) is 13.5 Å². The number of carbonyl (C=O) groups is 1. The lowest BCUT2D eigenvalue weighted by molar-refractivity contribution is 0.262. The number of halogens is 2. The molecule has 0 aliphatic rings. The molecular weight excluding hydrogens is 404 g/mol. The van der Waals surface area contributed by atoms with Gasteiger partial charge in [-0.3, -0.25) is 10.00 Å². The highest BCUT2D eigenvalue weighted by atomic mass is 79.9. The van der Waals surface area contributed by atoms with Crippen molar-refractivity contribution in [3.8, 4) is 0 Å².